The quantitative estimate of drug-likeness (QED) is 0.357. The van der Waals surface area contributed by atoms with Crippen LogP contribution in [0.4, 0.5) is 0 Å². The number of ether oxygens (including phenoxy) is 1. The molecule has 1 aliphatic heterocycles. The van der Waals surface area contributed by atoms with Gasteiger partial charge in [-0.2, -0.15) is 0 Å². The zero-order chi connectivity index (χ0) is 9.42. The van der Waals surface area contributed by atoms with Crippen molar-refractivity contribution in [3.8, 4) is 0 Å². The highest BCUT2D eigenvalue weighted by molar-refractivity contribution is 5.90. The van der Waals surface area contributed by atoms with Gasteiger partial charge in [0.1, 0.15) is 0 Å². The molecule has 0 aromatic rings. The molecule has 70 valence electrons. The van der Waals surface area contributed by atoms with Gasteiger partial charge in [0.2, 0.25) is 5.91 Å². The molecule has 13 heavy (non-hydrogen) atoms. The van der Waals surface area contributed by atoms with E-state index in [1.54, 1.807) is 11.8 Å². The van der Waals surface area contributed by atoms with Crippen molar-refractivity contribution in [2.75, 3.05) is 6.73 Å². The van der Waals surface area contributed by atoms with Crippen molar-refractivity contribution in [3.05, 3.63) is 12.2 Å². The summed E-state index contributed by atoms with van der Waals surface area (Å²) in [5.74, 6) is -0.128. The number of amides is 1. The number of hydrogen-bond donors (Lipinski definition) is 0. The Bertz CT molecular complexity index is 285. The Labute approximate surface area is 76.2 Å². The van der Waals surface area contributed by atoms with Crippen LogP contribution in [0.25, 0.3) is 0 Å². The fourth-order valence-electron chi connectivity index (χ4n) is 1.50. The van der Waals surface area contributed by atoms with Crippen LogP contribution in [0, 0.1) is 5.92 Å². The van der Waals surface area contributed by atoms with Gasteiger partial charge in [0.05, 0.1) is 12.0 Å². The maximum Gasteiger partial charge on any atom is 0.307 e. The Morgan fingerprint density at radius 2 is 2.38 bits per heavy atom. The van der Waals surface area contributed by atoms with Crippen LogP contribution in [0.2, 0.25) is 0 Å². The van der Waals surface area contributed by atoms with Crippen LogP contribution in [-0.4, -0.2) is 29.5 Å². The molecule has 1 saturated heterocycles. The SMILES string of the molecule is CCC(=O)OCN1C(=O)C2C=CC21. The van der Waals surface area contributed by atoms with E-state index >= 15 is 0 Å². The molecule has 0 N–H and O–H groups in total. The number of esters is 1. The van der Waals surface area contributed by atoms with Crippen LogP contribution in [-0.2, 0) is 14.3 Å². The Morgan fingerprint density at radius 3 is 2.85 bits per heavy atom. The molecule has 4 nitrogen and oxygen atoms in total. The van der Waals surface area contributed by atoms with Gasteiger partial charge >= 0.3 is 5.97 Å². The highest BCUT2D eigenvalue weighted by atomic mass is 16.5. The molecule has 1 fully saturated rings. The lowest BCUT2D eigenvalue weighted by Crippen LogP contribution is -2.63. The second-order valence-electron chi connectivity index (χ2n) is 3.21. The van der Waals surface area contributed by atoms with Crippen LogP contribution < -0.4 is 0 Å². The fraction of sp³-hybridized carbons (Fsp3) is 0.556. The molecule has 2 unspecified atom stereocenters. The predicted octanol–water partition coefficient (Wildman–Crippen LogP) is 0.294. The van der Waals surface area contributed by atoms with E-state index in [1.165, 1.54) is 0 Å². The van der Waals surface area contributed by atoms with Crippen LogP contribution in [0.3, 0.4) is 0 Å². The van der Waals surface area contributed by atoms with E-state index in [4.69, 9.17) is 4.74 Å². The van der Waals surface area contributed by atoms with E-state index < -0.39 is 0 Å². The van der Waals surface area contributed by atoms with Crippen molar-refractivity contribution in [1.82, 2.24) is 4.90 Å². The standard InChI is InChI=1S/C9H11NO3/c1-2-8(11)13-5-10-7-4-3-6(7)9(10)12/h3-4,6-7H,2,5H2,1H3. The molecule has 0 bridgehead atoms. The summed E-state index contributed by atoms with van der Waals surface area (Å²) in [7, 11) is 0. The first-order valence-corrected chi connectivity index (χ1v) is 4.38. The zero-order valence-corrected chi connectivity index (χ0v) is 7.40. The highest BCUT2D eigenvalue weighted by Gasteiger charge is 2.49. The van der Waals surface area contributed by atoms with Gasteiger partial charge in [0.15, 0.2) is 6.73 Å². The van der Waals surface area contributed by atoms with Crippen molar-refractivity contribution in [1.29, 1.82) is 0 Å². The Kier molecular flexibility index (Phi) is 1.83. The molecular weight excluding hydrogens is 170 g/mol. The number of hydrogen-bond acceptors (Lipinski definition) is 3. The van der Waals surface area contributed by atoms with E-state index in [9.17, 15) is 9.59 Å². The third-order valence-corrected chi connectivity index (χ3v) is 2.46. The summed E-state index contributed by atoms with van der Waals surface area (Å²) in [6.45, 7) is 1.84. The summed E-state index contributed by atoms with van der Waals surface area (Å²) in [6, 6.07) is 0.192. The monoisotopic (exact) mass is 181 g/mol. The first-order chi connectivity index (χ1) is 6.24. The molecule has 0 aromatic carbocycles. The predicted molar refractivity (Wildman–Crippen MR) is 44.5 cm³/mol. The topological polar surface area (TPSA) is 46.6 Å². The van der Waals surface area contributed by atoms with Gasteiger partial charge in [-0.05, 0) is 0 Å². The van der Waals surface area contributed by atoms with Crippen molar-refractivity contribution in [2.24, 2.45) is 5.92 Å². The van der Waals surface area contributed by atoms with E-state index in [0.29, 0.717) is 6.42 Å². The van der Waals surface area contributed by atoms with Crippen molar-refractivity contribution >= 4 is 11.9 Å². The lowest BCUT2D eigenvalue weighted by Gasteiger charge is -2.48. The third-order valence-electron chi connectivity index (χ3n) is 2.46. The normalized spacial score (nSPS) is 29.0. The zero-order valence-electron chi connectivity index (χ0n) is 7.40. The van der Waals surface area contributed by atoms with Crippen molar-refractivity contribution in [2.45, 2.75) is 19.4 Å². The number of nitrogens with zero attached hydrogens (tertiary/aromatic N) is 1. The van der Waals surface area contributed by atoms with Gasteiger partial charge in [-0.15, -0.1) is 0 Å². The summed E-state index contributed by atoms with van der Waals surface area (Å²) in [4.78, 5) is 23.6. The van der Waals surface area contributed by atoms with Crippen LogP contribution in [0.1, 0.15) is 13.3 Å². The second kappa shape index (κ2) is 2.87. The molecule has 0 spiro atoms. The molecule has 1 heterocycles. The average molecular weight is 181 g/mol. The number of carbonyl (C=O) groups is 2. The fourth-order valence-corrected chi connectivity index (χ4v) is 1.50. The number of carbonyl (C=O) groups excluding carboxylic acids is 2. The molecule has 0 saturated carbocycles. The summed E-state index contributed by atoms with van der Waals surface area (Å²) in [5, 5.41) is 0. The van der Waals surface area contributed by atoms with Crippen molar-refractivity contribution in [3.63, 3.8) is 0 Å². The minimum atomic E-state index is -0.264. The van der Waals surface area contributed by atoms with Gasteiger partial charge in [0.25, 0.3) is 0 Å². The lowest BCUT2D eigenvalue weighted by atomic mass is 9.79. The van der Waals surface area contributed by atoms with Gasteiger partial charge in [-0.3, -0.25) is 9.59 Å². The Hall–Kier alpha value is -1.32. The number of rotatable bonds is 3. The molecule has 2 rings (SSSR count). The first kappa shape index (κ1) is 8.29. The number of likely N-dealkylation sites (tertiary alicyclic amines) is 1. The maximum absolute atomic E-state index is 11.2. The van der Waals surface area contributed by atoms with E-state index in [-0.39, 0.29) is 30.6 Å². The molecule has 0 radical (unpaired) electrons. The van der Waals surface area contributed by atoms with Gasteiger partial charge in [-0.1, -0.05) is 19.1 Å². The summed E-state index contributed by atoms with van der Waals surface area (Å²) in [5.41, 5.74) is 0. The highest BCUT2D eigenvalue weighted by Crippen LogP contribution is 2.35. The number of β-lactam (4-membered cyclic amide) rings is 1. The second-order valence-corrected chi connectivity index (χ2v) is 3.21. The lowest BCUT2D eigenvalue weighted by molar-refractivity contribution is -0.168. The van der Waals surface area contributed by atoms with Crippen LogP contribution in [0.15, 0.2) is 12.2 Å². The largest absolute Gasteiger partial charge is 0.444 e. The molecule has 1 aliphatic carbocycles. The van der Waals surface area contributed by atoms with E-state index in [2.05, 4.69) is 0 Å². The summed E-state index contributed by atoms with van der Waals surface area (Å²) in [6.07, 6.45) is 4.18. The number of fused-ring (bicyclic) bond motifs is 1. The van der Waals surface area contributed by atoms with Gasteiger partial charge in [-0.25, -0.2) is 0 Å². The summed E-state index contributed by atoms with van der Waals surface area (Å²) >= 11 is 0. The molecule has 1 amide bonds. The Morgan fingerprint density at radius 1 is 1.62 bits per heavy atom. The maximum atomic E-state index is 11.2. The molecule has 0 aromatic heterocycles. The smallest absolute Gasteiger partial charge is 0.307 e. The minimum absolute atomic E-state index is 0.0661. The minimum Gasteiger partial charge on any atom is -0.444 e. The first-order valence-electron chi connectivity index (χ1n) is 4.38. The Balaban J connectivity index is 1.81. The molecule has 2 aliphatic rings. The van der Waals surface area contributed by atoms with E-state index in [1.807, 2.05) is 12.2 Å². The van der Waals surface area contributed by atoms with Crippen LogP contribution >= 0.6 is 0 Å². The average Bonchev–Trinajstić information content (AvgIpc) is 2.09. The molecule has 4 heteroatoms. The van der Waals surface area contributed by atoms with E-state index in [0.717, 1.165) is 0 Å². The third kappa shape index (κ3) is 1.13. The van der Waals surface area contributed by atoms with Gasteiger partial charge < -0.3 is 9.64 Å². The van der Waals surface area contributed by atoms with Crippen molar-refractivity contribution < 1.29 is 14.3 Å². The molecular formula is C9H11NO3. The molecule has 2 atom stereocenters. The summed E-state index contributed by atoms with van der Waals surface area (Å²) < 4.78 is 4.85. The van der Waals surface area contributed by atoms with Gasteiger partial charge in [0, 0.05) is 6.42 Å². The van der Waals surface area contributed by atoms with Crippen LogP contribution in [0.5, 0.6) is 0 Å².